The number of hydrogen-bond acceptors (Lipinski definition) is 5. The zero-order valence-electron chi connectivity index (χ0n) is 13.7. The summed E-state index contributed by atoms with van der Waals surface area (Å²) in [4.78, 5) is 0. The molecule has 0 spiro atoms. The normalized spacial score (nSPS) is 12.0. The number of hydrogen-bond donors (Lipinski definition) is 1. The highest BCUT2D eigenvalue weighted by atomic mass is 16.5. The van der Waals surface area contributed by atoms with Gasteiger partial charge in [-0.25, -0.2) is 0 Å². The second-order valence-electron chi connectivity index (χ2n) is 4.82. The van der Waals surface area contributed by atoms with E-state index in [0.29, 0.717) is 36.4 Å². The van der Waals surface area contributed by atoms with Gasteiger partial charge in [0.1, 0.15) is 0 Å². The molecule has 1 unspecified atom stereocenters. The fraction of sp³-hybridized carbons (Fsp3) is 0.625. The van der Waals surface area contributed by atoms with Crippen LogP contribution in [-0.4, -0.2) is 41.1 Å². The first-order chi connectivity index (χ1) is 10.2. The Hall–Kier alpha value is -1.46. The second kappa shape index (κ2) is 9.47. The Morgan fingerprint density at radius 2 is 1.71 bits per heavy atom. The van der Waals surface area contributed by atoms with Crippen LogP contribution in [0.4, 0.5) is 0 Å². The lowest BCUT2D eigenvalue weighted by atomic mass is 10.1. The second-order valence-corrected chi connectivity index (χ2v) is 4.82. The Kier molecular flexibility index (Phi) is 7.93. The maximum absolute atomic E-state index is 5.49. The highest BCUT2D eigenvalue weighted by molar-refractivity contribution is 5.55. The van der Waals surface area contributed by atoms with Crippen molar-refractivity contribution in [3.63, 3.8) is 0 Å². The molecular weight excluding hydrogens is 270 g/mol. The first-order valence-corrected chi connectivity index (χ1v) is 7.21. The zero-order valence-corrected chi connectivity index (χ0v) is 13.7. The third kappa shape index (κ3) is 4.79. The van der Waals surface area contributed by atoms with E-state index in [1.54, 1.807) is 28.4 Å². The van der Waals surface area contributed by atoms with Gasteiger partial charge in [-0.15, -0.1) is 0 Å². The molecule has 1 rings (SSSR count). The van der Waals surface area contributed by atoms with E-state index in [4.69, 9.17) is 18.9 Å². The molecule has 0 radical (unpaired) electrons. The van der Waals surface area contributed by atoms with Crippen molar-refractivity contribution in [2.75, 3.05) is 35.0 Å². The van der Waals surface area contributed by atoms with Crippen LogP contribution in [0.5, 0.6) is 17.2 Å². The molecule has 5 nitrogen and oxygen atoms in total. The zero-order chi connectivity index (χ0) is 15.7. The maximum Gasteiger partial charge on any atom is 0.203 e. The monoisotopic (exact) mass is 297 g/mol. The molecule has 1 N–H and O–H groups in total. The predicted molar refractivity (Wildman–Crippen MR) is 83.5 cm³/mol. The predicted octanol–water partition coefficient (Wildman–Crippen LogP) is 2.62. The van der Waals surface area contributed by atoms with Gasteiger partial charge in [0.2, 0.25) is 5.75 Å². The van der Waals surface area contributed by atoms with E-state index in [2.05, 4.69) is 12.2 Å². The number of rotatable bonds is 10. The molecule has 120 valence electrons. The summed E-state index contributed by atoms with van der Waals surface area (Å²) in [6, 6.07) is 4.21. The van der Waals surface area contributed by atoms with Gasteiger partial charge in [-0.1, -0.05) is 19.4 Å². The SMILES string of the molecule is CCCC(COC)NCc1ccc(OC)c(OC)c1OC. The third-order valence-corrected chi connectivity index (χ3v) is 3.37. The average molecular weight is 297 g/mol. The van der Waals surface area contributed by atoms with Gasteiger partial charge in [-0.3, -0.25) is 0 Å². The van der Waals surface area contributed by atoms with Crippen LogP contribution in [-0.2, 0) is 11.3 Å². The smallest absolute Gasteiger partial charge is 0.203 e. The lowest BCUT2D eigenvalue weighted by Gasteiger charge is -2.20. The van der Waals surface area contributed by atoms with Gasteiger partial charge in [-0.2, -0.15) is 0 Å². The highest BCUT2D eigenvalue weighted by Crippen LogP contribution is 2.39. The number of ether oxygens (including phenoxy) is 4. The summed E-state index contributed by atoms with van der Waals surface area (Å²) >= 11 is 0. The van der Waals surface area contributed by atoms with E-state index in [-0.39, 0.29) is 0 Å². The van der Waals surface area contributed by atoms with Gasteiger partial charge < -0.3 is 24.3 Å². The molecule has 0 saturated heterocycles. The van der Waals surface area contributed by atoms with Crippen LogP contribution in [0.25, 0.3) is 0 Å². The molecule has 0 saturated carbocycles. The van der Waals surface area contributed by atoms with Crippen molar-refractivity contribution in [2.24, 2.45) is 0 Å². The molecule has 0 aliphatic heterocycles. The molecule has 0 aliphatic rings. The van der Waals surface area contributed by atoms with Gasteiger partial charge in [0.15, 0.2) is 11.5 Å². The van der Waals surface area contributed by atoms with Gasteiger partial charge >= 0.3 is 0 Å². The van der Waals surface area contributed by atoms with Crippen LogP contribution in [0.2, 0.25) is 0 Å². The maximum atomic E-state index is 5.49. The molecule has 21 heavy (non-hydrogen) atoms. The molecule has 0 amide bonds. The molecule has 0 bridgehead atoms. The van der Waals surface area contributed by atoms with E-state index in [1.165, 1.54) is 0 Å². The molecule has 1 aromatic carbocycles. The topological polar surface area (TPSA) is 49.0 Å². The summed E-state index contributed by atoms with van der Waals surface area (Å²) in [6.45, 7) is 3.56. The molecule has 0 fully saturated rings. The van der Waals surface area contributed by atoms with Crippen molar-refractivity contribution >= 4 is 0 Å². The van der Waals surface area contributed by atoms with Crippen LogP contribution in [0.1, 0.15) is 25.3 Å². The van der Waals surface area contributed by atoms with Gasteiger partial charge in [0.05, 0.1) is 27.9 Å². The van der Waals surface area contributed by atoms with Crippen molar-refractivity contribution in [1.82, 2.24) is 5.32 Å². The summed E-state index contributed by atoms with van der Waals surface area (Å²) in [5, 5.41) is 3.50. The van der Waals surface area contributed by atoms with Crippen LogP contribution >= 0.6 is 0 Å². The van der Waals surface area contributed by atoms with E-state index in [9.17, 15) is 0 Å². The van der Waals surface area contributed by atoms with Gasteiger partial charge in [0, 0.05) is 25.3 Å². The van der Waals surface area contributed by atoms with E-state index >= 15 is 0 Å². The molecule has 0 aromatic heterocycles. The van der Waals surface area contributed by atoms with Crippen LogP contribution in [0, 0.1) is 0 Å². The minimum atomic E-state index is 0.331. The molecule has 0 heterocycles. The first kappa shape index (κ1) is 17.6. The summed E-state index contributed by atoms with van der Waals surface area (Å²) in [6.07, 6.45) is 2.19. The Balaban J connectivity index is 2.87. The largest absolute Gasteiger partial charge is 0.493 e. The van der Waals surface area contributed by atoms with Crippen LogP contribution < -0.4 is 19.5 Å². The van der Waals surface area contributed by atoms with Gasteiger partial charge in [-0.05, 0) is 12.5 Å². The quantitative estimate of drug-likeness (QED) is 0.719. The third-order valence-electron chi connectivity index (χ3n) is 3.37. The number of benzene rings is 1. The van der Waals surface area contributed by atoms with Crippen molar-refractivity contribution in [3.8, 4) is 17.2 Å². The Bertz CT molecular complexity index is 417. The Labute approximate surface area is 127 Å². The first-order valence-electron chi connectivity index (χ1n) is 7.21. The molecule has 5 heteroatoms. The van der Waals surface area contributed by atoms with Crippen molar-refractivity contribution in [2.45, 2.75) is 32.4 Å². The molecule has 1 atom stereocenters. The fourth-order valence-corrected chi connectivity index (χ4v) is 2.35. The van der Waals surface area contributed by atoms with Crippen LogP contribution in [0.15, 0.2) is 12.1 Å². The van der Waals surface area contributed by atoms with Crippen molar-refractivity contribution < 1.29 is 18.9 Å². The minimum Gasteiger partial charge on any atom is -0.493 e. The van der Waals surface area contributed by atoms with Crippen molar-refractivity contribution in [1.29, 1.82) is 0 Å². The van der Waals surface area contributed by atoms with Gasteiger partial charge in [0.25, 0.3) is 0 Å². The van der Waals surface area contributed by atoms with E-state index < -0.39 is 0 Å². The summed E-state index contributed by atoms with van der Waals surface area (Å²) in [7, 11) is 6.59. The van der Waals surface area contributed by atoms with Crippen molar-refractivity contribution in [3.05, 3.63) is 17.7 Å². The lowest BCUT2D eigenvalue weighted by molar-refractivity contribution is 0.161. The number of nitrogens with one attached hydrogen (secondary N) is 1. The summed E-state index contributed by atoms with van der Waals surface area (Å²) < 4.78 is 21.4. The van der Waals surface area contributed by atoms with E-state index in [1.807, 2.05) is 12.1 Å². The lowest BCUT2D eigenvalue weighted by Crippen LogP contribution is -2.32. The standard InChI is InChI=1S/C16H27NO4/c1-6-7-13(11-18-2)17-10-12-8-9-14(19-3)16(21-5)15(12)20-4/h8-9,13,17H,6-7,10-11H2,1-5H3. The van der Waals surface area contributed by atoms with E-state index in [0.717, 1.165) is 18.4 Å². The summed E-state index contributed by atoms with van der Waals surface area (Å²) in [5.74, 6) is 2.00. The summed E-state index contributed by atoms with van der Waals surface area (Å²) in [5.41, 5.74) is 1.03. The Morgan fingerprint density at radius 3 is 2.24 bits per heavy atom. The number of methoxy groups -OCH3 is 4. The molecular formula is C16H27NO4. The van der Waals surface area contributed by atoms with Crippen LogP contribution in [0.3, 0.4) is 0 Å². The molecule has 1 aromatic rings. The average Bonchev–Trinajstić information content (AvgIpc) is 2.51. The minimum absolute atomic E-state index is 0.331. The molecule has 0 aliphatic carbocycles. The highest BCUT2D eigenvalue weighted by Gasteiger charge is 2.16. The Morgan fingerprint density at radius 1 is 1.00 bits per heavy atom. The fourth-order valence-electron chi connectivity index (χ4n) is 2.35.